The van der Waals surface area contributed by atoms with Crippen LogP contribution in [0.1, 0.15) is 5.56 Å². The molecule has 1 saturated heterocycles. The molecular weight excluding hydrogens is 216 g/mol. The Balaban J connectivity index is 2.30. The lowest BCUT2D eigenvalue weighted by Crippen LogP contribution is -2.17. The minimum absolute atomic E-state index is 0.211. The Morgan fingerprint density at radius 2 is 2.00 bits per heavy atom. The Labute approximate surface area is 88.6 Å². The van der Waals surface area contributed by atoms with Crippen molar-refractivity contribution in [3.05, 3.63) is 39.2 Å². The summed E-state index contributed by atoms with van der Waals surface area (Å²) in [6.45, 7) is 0. The van der Waals surface area contributed by atoms with E-state index >= 15 is 0 Å². The van der Waals surface area contributed by atoms with E-state index in [-0.39, 0.29) is 10.8 Å². The van der Waals surface area contributed by atoms with E-state index in [0.29, 0.717) is 10.5 Å². The maximum Gasteiger partial charge on any atom is 0.290 e. The highest BCUT2D eigenvalue weighted by molar-refractivity contribution is 8.18. The van der Waals surface area contributed by atoms with E-state index in [1.165, 1.54) is 12.3 Å². The van der Waals surface area contributed by atoms with E-state index in [1.807, 2.05) is 0 Å². The van der Waals surface area contributed by atoms with Crippen molar-refractivity contribution in [2.75, 3.05) is 0 Å². The molecule has 76 valence electrons. The van der Waals surface area contributed by atoms with Crippen molar-refractivity contribution in [2.45, 2.75) is 0 Å². The van der Waals surface area contributed by atoms with Gasteiger partial charge in [0.15, 0.2) is 0 Å². The summed E-state index contributed by atoms with van der Waals surface area (Å²) in [5, 5.41) is 1.76. The predicted octanol–water partition coefficient (Wildman–Crippen LogP) is 0.699. The third kappa shape index (κ3) is 2.16. The maximum atomic E-state index is 11.2. The zero-order valence-corrected chi connectivity index (χ0v) is 8.26. The Kier molecular flexibility index (Phi) is 2.42. The molecule has 1 aliphatic heterocycles. The fraction of sp³-hybridized carbons (Fsp3) is 0. The van der Waals surface area contributed by atoms with Gasteiger partial charge in [-0.25, -0.2) is 0 Å². The highest BCUT2D eigenvalue weighted by Gasteiger charge is 2.24. The van der Waals surface area contributed by atoms with Crippen LogP contribution < -0.4 is 10.9 Å². The molecule has 0 saturated carbocycles. The molecule has 0 bridgehead atoms. The van der Waals surface area contributed by atoms with Gasteiger partial charge in [-0.05, 0) is 29.5 Å². The first-order valence-corrected chi connectivity index (χ1v) is 4.90. The standard InChI is InChI=1S/C9H6N2O3S/c12-7-2-1-5(4-10-7)3-6-8(13)11-9(14)15-6/h1-4H,(H,10,12)(H,11,13,14). The van der Waals surface area contributed by atoms with Crippen molar-refractivity contribution in [2.24, 2.45) is 0 Å². The number of hydrogen-bond donors (Lipinski definition) is 2. The normalized spacial score (nSPS) is 18.3. The zero-order valence-electron chi connectivity index (χ0n) is 7.44. The van der Waals surface area contributed by atoms with Crippen LogP contribution in [-0.2, 0) is 4.79 Å². The lowest BCUT2D eigenvalue weighted by Gasteiger charge is -1.92. The summed E-state index contributed by atoms with van der Waals surface area (Å²) in [5.41, 5.74) is 0.457. The van der Waals surface area contributed by atoms with Gasteiger partial charge in [0.2, 0.25) is 5.56 Å². The summed E-state index contributed by atoms with van der Waals surface area (Å²) in [4.78, 5) is 35.6. The Morgan fingerprint density at radius 3 is 2.53 bits per heavy atom. The minimum atomic E-state index is -0.406. The van der Waals surface area contributed by atoms with Gasteiger partial charge >= 0.3 is 0 Å². The van der Waals surface area contributed by atoms with Crippen LogP contribution >= 0.6 is 11.8 Å². The van der Waals surface area contributed by atoms with Gasteiger partial charge in [0, 0.05) is 12.3 Å². The number of aromatic nitrogens is 1. The van der Waals surface area contributed by atoms with Gasteiger partial charge in [-0.3, -0.25) is 19.7 Å². The van der Waals surface area contributed by atoms with Crippen LogP contribution in [0.2, 0.25) is 0 Å². The van der Waals surface area contributed by atoms with Crippen molar-refractivity contribution in [3.8, 4) is 0 Å². The van der Waals surface area contributed by atoms with Crippen LogP contribution in [0.5, 0.6) is 0 Å². The summed E-state index contributed by atoms with van der Waals surface area (Å²) >= 11 is 0.842. The van der Waals surface area contributed by atoms with Crippen molar-refractivity contribution in [1.82, 2.24) is 10.3 Å². The zero-order chi connectivity index (χ0) is 10.8. The maximum absolute atomic E-state index is 11.2. The highest BCUT2D eigenvalue weighted by atomic mass is 32.2. The molecule has 15 heavy (non-hydrogen) atoms. The predicted molar refractivity (Wildman–Crippen MR) is 56.2 cm³/mol. The number of rotatable bonds is 1. The van der Waals surface area contributed by atoms with E-state index in [2.05, 4.69) is 10.3 Å². The second-order valence-electron chi connectivity index (χ2n) is 2.84. The molecule has 2 N–H and O–H groups in total. The van der Waals surface area contributed by atoms with Gasteiger partial charge in [-0.1, -0.05) is 0 Å². The molecule has 6 heteroatoms. The molecule has 2 amide bonds. The monoisotopic (exact) mass is 222 g/mol. The van der Waals surface area contributed by atoms with Gasteiger partial charge in [0.05, 0.1) is 4.91 Å². The molecular formula is C9H6N2O3S. The molecule has 5 nitrogen and oxygen atoms in total. The molecule has 2 rings (SSSR count). The topological polar surface area (TPSA) is 79.0 Å². The SMILES string of the molecule is O=C1NC(=O)C(=Cc2ccc(=O)[nH]c2)S1. The molecule has 1 aliphatic rings. The first-order chi connectivity index (χ1) is 7.15. The van der Waals surface area contributed by atoms with Crippen LogP contribution in [0, 0.1) is 0 Å². The average Bonchev–Trinajstić information content (AvgIpc) is 2.49. The summed E-state index contributed by atoms with van der Waals surface area (Å²) in [6.07, 6.45) is 3.02. The van der Waals surface area contributed by atoms with Gasteiger partial charge in [-0.2, -0.15) is 0 Å². The number of nitrogens with one attached hydrogen (secondary N) is 2. The lowest BCUT2D eigenvalue weighted by molar-refractivity contribution is -0.115. The molecule has 0 radical (unpaired) electrons. The van der Waals surface area contributed by atoms with Gasteiger partial charge in [0.1, 0.15) is 0 Å². The third-order valence-electron chi connectivity index (χ3n) is 1.75. The van der Waals surface area contributed by atoms with E-state index in [1.54, 1.807) is 12.1 Å². The fourth-order valence-electron chi connectivity index (χ4n) is 1.08. The minimum Gasteiger partial charge on any atom is -0.329 e. The molecule has 0 spiro atoms. The molecule has 2 heterocycles. The van der Waals surface area contributed by atoms with Crippen LogP contribution in [0.3, 0.4) is 0 Å². The molecule has 1 aromatic heterocycles. The van der Waals surface area contributed by atoms with Crippen LogP contribution in [0.4, 0.5) is 4.79 Å². The van der Waals surface area contributed by atoms with E-state index in [0.717, 1.165) is 11.8 Å². The Hall–Kier alpha value is -1.82. The summed E-state index contributed by atoms with van der Waals surface area (Å²) in [7, 11) is 0. The van der Waals surface area contributed by atoms with Crippen LogP contribution in [0.15, 0.2) is 28.0 Å². The second kappa shape index (κ2) is 3.74. The third-order valence-corrected chi connectivity index (χ3v) is 2.56. The number of imide groups is 1. The van der Waals surface area contributed by atoms with Crippen molar-refractivity contribution >= 4 is 29.0 Å². The van der Waals surface area contributed by atoms with E-state index in [4.69, 9.17) is 0 Å². The van der Waals surface area contributed by atoms with Crippen molar-refractivity contribution in [1.29, 1.82) is 0 Å². The number of hydrogen-bond acceptors (Lipinski definition) is 4. The summed E-state index contributed by atoms with van der Waals surface area (Å²) < 4.78 is 0. The molecule has 1 aromatic rings. The van der Waals surface area contributed by atoms with E-state index in [9.17, 15) is 14.4 Å². The Bertz CT molecular complexity index is 498. The number of thioether (sulfide) groups is 1. The summed E-state index contributed by atoms with van der Waals surface area (Å²) in [5.74, 6) is -0.406. The van der Waals surface area contributed by atoms with Crippen LogP contribution in [-0.4, -0.2) is 16.1 Å². The quantitative estimate of drug-likeness (QED) is 0.685. The van der Waals surface area contributed by atoms with Crippen molar-refractivity contribution in [3.63, 3.8) is 0 Å². The molecule has 1 fully saturated rings. The van der Waals surface area contributed by atoms with Gasteiger partial charge < -0.3 is 4.98 Å². The van der Waals surface area contributed by atoms with Crippen molar-refractivity contribution < 1.29 is 9.59 Å². The Morgan fingerprint density at radius 1 is 1.20 bits per heavy atom. The molecule has 0 atom stereocenters. The van der Waals surface area contributed by atoms with Gasteiger partial charge in [0.25, 0.3) is 11.1 Å². The molecule has 0 aliphatic carbocycles. The van der Waals surface area contributed by atoms with E-state index < -0.39 is 5.91 Å². The van der Waals surface area contributed by atoms with Gasteiger partial charge in [-0.15, -0.1) is 0 Å². The smallest absolute Gasteiger partial charge is 0.290 e. The highest BCUT2D eigenvalue weighted by Crippen LogP contribution is 2.24. The number of aromatic amines is 1. The number of carbonyl (C=O) groups excluding carboxylic acids is 2. The van der Waals surface area contributed by atoms with Crippen LogP contribution in [0.25, 0.3) is 6.08 Å². The number of pyridine rings is 1. The molecule has 0 unspecified atom stereocenters. The number of H-pyrrole nitrogens is 1. The number of carbonyl (C=O) groups is 2. The summed E-state index contributed by atoms with van der Waals surface area (Å²) in [6, 6.07) is 2.92. The average molecular weight is 222 g/mol. The second-order valence-corrected chi connectivity index (χ2v) is 3.85. The largest absolute Gasteiger partial charge is 0.329 e. The fourth-order valence-corrected chi connectivity index (χ4v) is 1.77. The first-order valence-electron chi connectivity index (χ1n) is 4.09. The lowest BCUT2D eigenvalue weighted by atomic mass is 10.2. The first kappa shape index (κ1) is 9.72. The molecule has 0 aromatic carbocycles. The number of amides is 2.